The molecule has 0 radical (unpaired) electrons. The van der Waals surface area contributed by atoms with E-state index in [2.05, 4.69) is 22.0 Å². The molecule has 2 aromatic rings. The molecule has 0 spiro atoms. The quantitative estimate of drug-likeness (QED) is 0.901. The Balaban J connectivity index is 1.64. The van der Waals surface area contributed by atoms with E-state index < -0.39 is 0 Å². The van der Waals surface area contributed by atoms with Crippen LogP contribution >= 0.6 is 0 Å². The maximum atomic E-state index is 11.4. The Morgan fingerprint density at radius 3 is 2.95 bits per heavy atom. The van der Waals surface area contributed by atoms with Gasteiger partial charge in [0.05, 0.1) is 7.11 Å². The summed E-state index contributed by atoms with van der Waals surface area (Å²) in [6, 6.07) is 8.67. The fourth-order valence-electron chi connectivity index (χ4n) is 2.70. The number of aromatic nitrogens is 2. The maximum Gasteiger partial charge on any atom is 0.325 e. The minimum atomic E-state index is -0.0385. The van der Waals surface area contributed by atoms with Crippen LogP contribution in [0.4, 0.5) is 0 Å². The van der Waals surface area contributed by atoms with E-state index in [9.17, 15) is 4.79 Å². The minimum absolute atomic E-state index is 0.0385. The van der Waals surface area contributed by atoms with Gasteiger partial charge in [-0.05, 0) is 24.1 Å². The molecule has 0 saturated carbocycles. The van der Waals surface area contributed by atoms with E-state index in [0.717, 1.165) is 31.8 Å². The van der Waals surface area contributed by atoms with Gasteiger partial charge in [-0.25, -0.2) is 4.79 Å². The molecule has 1 aromatic heterocycles. The lowest BCUT2D eigenvalue weighted by Crippen LogP contribution is -2.43. The van der Waals surface area contributed by atoms with Crippen LogP contribution in [0, 0.1) is 0 Å². The smallest absolute Gasteiger partial charge is 0.325 e. The number of hydrogen-bond donors (Lipinski definition) is 1. The van der Waals surface area contributed by atoms with Gasteiger partial charge in [0.15, 0.2) is 0 Å². The van der Waals surface area contributed by atoms with E-state index in [1.807, 2.05) is 12.1 Å². The van der Waals surface area contributed by atoms with Crippen LogP contribution in [-0.4, -0.2) is 34.7 Å². The molecule has 0 bridgehead atoms. The summed E-state index contributed by atoms with van der Waals surface area (Å²) in [6.45, 7) is 2.70. The molecular formula is C15H19N3O2. The van der Waals surface area contributed by atoms with Crippen LogP contribution in [0.2, 0.25) is 0 Å². The van der Waals surface area contributed by atoms with Gasteiger partial charge in [0, 0.05) is 38.1 Å². The number of likely N-dealkylation sites (tertiary alicyclic amines) is 1. The number of methoxy groups -OCH3 is 1. The molecule has 1 aromatic carbocycles. The highest BCUT2D eigenvalue weighted by atomic mass is 16.5. The van der Waals surface area contributed by atoms with Gasteiger partial charge in [-0.3, -0.25) is 9.47 Å². The van der Waals surface area contributed by atoms with Crippen LogP contribution in [0.3, 0.4) is 0 Å². The third-order valence-corrected chi connectivity index (χ3v) is 3.96. The zero-order chi connectivity index (χ0) is 13.9. The van der Waals surface area contributed by atoms with Crippen LogP contribution in [0.1, 0.15) is 18.0 Å². The molecule has 1 fully saturated rings. The SMILES string of the molecule is COc1cccc([C@@H]2CCN2CCn2cc[nH]c2=O)c1. The molecule has 5 nitrogen and oxygen atoms in total. The summed E-state index contributed by atoms with van der Waals surface area (Å²) in [5.74, 6) is 0.899. The van der Waals surface area contributed by atoms with Crippen molar-refractivity contribution in [1.29, 1.82) is 0 Å². The lowest BCUT2D eigenvalue weighted by molar-refractivity contribution is 0.0858. The molecule has 1 atom stereocenters. The second-order valence-electron chi connectivity index (χ2n) is 5.08. The van der Waals surface area contributed by atoms with Crippen LogP contribution in [-0.2, 0) is 6.54 Å². The highest BCUT2D eigenvalue weighted by Crippen LogP contribution is 2.34. The summed E-state index contributed by atoms with van der Waals surface area (Å²) in [5, 5.41) is 0. The van der Waals surface area contributed by atoms with Gasteiger partial charge >= 0.3 is 5.69 Å². The molecule has 2 heterocycles. The van der Waals surface area contributed by atoms with Crippen molar-refractivity contribution >= 4 is 0 Å². The van der Waals surface area contributed by atoms with Crippen molar-refractivity contribution in [3.8, 4) is 5.75 Å². The molecular weight excluding hydrogens is 254 g/mol. The van der Waals surface area contributed by atoms with Gasteiger partial charge in [-0.2, -0.15) is 0 Å². The van der Waals surface area contributed by atoms with Crippen molar-refractivity contribution in [2.45, 2.75) is 19.0 Å². The summed E-state index contributed by atoms with van der Waals surface area (Å²) < 4.78 is 6.98. The molecule has 0 unspecified atom stereocenters. The molecule has 106 valence electrons. The zero-order valence-corrected chi connectivity index (χ0v) is 11.6. The first-order valence-electron chi connectivity index (χ1n) is 6.90. The average molecular weight is 273 g/mol. The third kappa shape index (κ3) is 2.49. The van der Waals surface area contributed by atoms with Gasteiger partial charge in [-0.15, -0.1) is 0 Å². The first-order valence-corrected chi connectivity index (χ1v) is 6.90. The zero-order valence-electron chi connectivity index (χ0n) is 11.6. The second kappa shape index (κ2) is 5.54. The Morgan fingerprint density at radius 2 is 2.30 bits per heavy atom. The summed E-state index contributed by atoms with van der Waals surface area (Å²) >= 11 is 0. The van der Waals surface area contributed by atoms with Crippen molar-refractivity contribution in [2.24, 2.45) is 0 Å². The van der Waals surface area contributed by atoms with Crippen molar-refractivity contribution in [3.05, 3.63) is 52.7 Å². The predicted octanol–water partition coefficient (Wildman–Crippen LogP) is 1.63. The van der Waals surface area contributed by atoms with Crippen molar-refractivity contribution < 1.29 is 4.74 Å². The first-order chi connectivity index (χ1) is 9.78. The normalized spacial score (nSPS) is 18.8. The standard InChI is InChI=1S/C15H19N3O2/c1-20-13-4-2-3-12(11-13)14-5-7-17(14)9-10-18-8-6-16-15(18)19/h2-4,6,8,11,14H,5,7,9-10H2,1H3,(H,16,19)/t14-/m0/s1. The van der Waals surface area contributed by atoms with Crippen molar-refractivity contribution in [1.82, 2.24) is 14.5 Å². The summed E-state index contributed by atoms with van der Waals surface area (Å²) in [6.07, 6.45) is 4.63. The summed E-state index contributed by atoms with van der Waals surface area (Å²) in [7, 11) is 1.69. The lowest BCUT2D eigenvalue weighted by atomic mass is 9.94. The maximum absolute atomic E-state index is 11.4. The van der Waals surface area contributed by atoms with Crippen molar-refractivity contribution in [3.63, 3.8) is 0 Å². The van der Waals surface area contributed by atoms with E-state index >= 15 is 0 Å². The Bertz CT molecular complexity index is 632. The highest BCUT2D eigenvalue weighted by Gasteiger charge is 2.29. The molecule has 5 heteroatoms. The number of H-pyrrole nitrogens is 1. The van der Waals surface area contributed by atoms with Crippen LogP contribution < -0.4 is 10.4 Å². The Kier molecular flexibility index (Phi) is 3.60. The number of nitrogens with zero attached hydrogens (tertiary/aromatic N) is 2. The Hall–Kier alpha value is -2.01. The molecule has 1 aliphatic heterocycles. The highest BCUT2D eigenvalue weighted by molar-refractivity contribution is 5.31. The molecule has 1 saturated heterocycles. The third-order valence-electron chi connectivity index (χ3n) is 3.96. The van der Waals surface area contributed by atoms with Gasteiger partial charge < -0.3 is 9.72 Å². The molecule has 0 aliphatic carbocycles. The summed E-state index contributed by atoms with van der Waals surface area (Å²) in [4.78, 5) is 16.5. The molecule has 0 amide bonds. The van der Waals surface area contributed by atoms with Crippen LogP contribution in [0.25, 0.3) is 0 Å². The van der Waals surface area contributed by atoms with E-state index in [0.29, 0.717) is 6.04 Å². The first kappa shape index (κ1) is 13.0. The number of nitrogens with one attached hydrogen (secondary N) is 1. The topological polar surface area (TPSA) is 50.3 Å². The van der Waals surface area contributed by atoms with Gasteiger partial charge in [0.2, 0.25) is 0 Å². The predicted molar refractivity (Wildman–Crippen MR) is 77.0 cm³/mol. The number of hydrogen-bond acceptors (Lipinski definition) is 3. The van der Waals surface area contributed by atoms with E-state index in [-0.39, 0.29) is 5.69 Å². The van der Waals surface area contributed by atoms with Crippen LogP contribution in [0.15, 0.2) is 41.5 Å². The minimum Gasteiger partial charge on any atom is -0.497 e. The Labute approximate surface area is 117 Å². The number of benzene rings is 1. The second-order valence-corrected chi connectivity index (χ2v) is 5.08. The largest absolute Gasteiger partial charge is 0.497 e. The fourth-order valence-corrected chi connectivity index (χ4v) is 2.70. The van der Waals surface area contributed by atoms with E-state index in [1.54, 1.807) is 24.1 Å². The lowest BCUT2D eigenvalue weighted by Gasteiger charge is -2.41. The number of imidazole rings is 1. The number of aromatic amines is 1. The Morgan fingerprint density at radius 1 is 1.40 bits per heavy atom. The van der Waals surface area contributed by atoms with Gasteiger partial charge in [0.1, 0.15) is 5.75 Å². The average Bonchev–Trinajstić information content (AvgIpc) is 2.84. The molecule has 3 rings (SSSR count). The molecule has 20 heavy (non-hydrogen) atoms. The summed E-state index contributed by atoms with van der Waals surface area (Å²) in [5.41, 5.74) is 1.25. The van der Waals surface area contributed by atoms with Gasteiger partial charge in [0.25, 0.3) is 0 Å². The monoisotopic (exact) mass is 273 g/mol. The van der Waals surface area contributed by atoms with E-state index in [4.69, 9.17) is 4.74 Å². The fraction of sp³-hybridized carbons (Fsp3) is 0.400. The molecule has 1 N–H and O–H groups in total. The van der Waals surface area contributed by atoms with Gasteiger partial charge in [-0.1, -0.05) is 12.1 Å². The molecule has 1 aliphatic rings. The van der Waals surface area contributed by atoms with Crippen molar-refractivity contribution in [2.75, 3.05) is 20.2 Å². The number of ether oxygens (including phenoxy) is 1. The van der Waals surface area contributed by atoms with E-state index in [1.165, 1.54) is 5.56 Å². The van der Waals surface area contributed by atoms with Crippen LogP contribution in [0.5, 0.6) is 5.75 Å². The number of rotatable bonds is 5.